The number of H-pyrrole nitrogens is 1. The molecule has 0 bridgehead atoms. The number of fused-ring (bicyclic) bond motifs is 1. The van der Waals surface area contributed by atoms with Gasteiger partial charge in [0.05, 0.1) is 11.8 Å². The van der Waals surface area contributed by atoms with E-state index in [0.29, 0.717) is 5.69 Å². The molecule has 4 aromatic rings. The van der Waals surface area contributed by atoms with Crippen LogP contribution in [0.15, 0.2) is 66.9 Å². The minimum absolute atomic E-state index is 0.255. The predicted octanol–water partition coefficient (Wildman–Crippen LogP) is 4.32. The Morgan fingerprint density at radius 3 is 2.62 bits per heavy atom. The normalized spacial score (nSPS) is 11.2. The van der Waals surface area contributed by atoms with Crippen LogP contribution in [0, 0.1) is 11.3 Å². The lowest BCUT2D eigenvalue weighted by Gasteiger charge is -2.17. The number of carbonyl (C=O) groups is 1. The van der Waals surface area contributed by atoms with Gasteiger partial charge in [-0.1, -0.05) is 36.4 Å². The van der Waals surface area contributed by atoms with Crippen LogP contribution in [-0.4, -0.2) is 26.4 Å². The molecule has 4 rings (SSSR count). The molecule has 1 aromatic carbocycles. The summed E-state index contributed by atoms with van der Waals surface area (Å²) in [5.41, 5.74) is 3.61. The molecule has 0 radical (unpaired) electrons. The van der Waals surface area contributed by atoms with Gasteiger partial charge in [0, 0.05) is 22.8 Å². The summed E-state index contributed by atoms with van der Waals surface area (Å²) in [5.74, 6) is -0.388. The zero-order chi connectivity index (χ0) is 20.4. The second-order valence-electron chi connectivity index (χ2n) is 7.31. The minimum Gasteiger partial charge on any atom is -0.339 e. The number of hydrogen-bond donors (Lipinski definition) is 2. The van der Waals surface area contributed by atoms with Crippen molar-refractivity contribution in [2.45, 2.75) is 19.4 Å². The highest BCUT2D eigenvalue weighted by Gasteiger charge is 2.21. The van der Waals surface area contributed by atoms with Crippen LogP contribution < -0.4 is 5.32 Å². The average Bonchev–Trinajstić information content (AvgIpc) is 3.17. The van der Waals surface area contributed by atoms with Crippen molar-refractivity contribution >= 4 is 16.9 Å². The molecule has 3 heterocycles. The van der Waals surface area contributed by atoms with Crippen molar-refractivity contribution < 1.29 is 4.79 Å². The van der Waals surface area contributed by atoms with Gasteiger partial charge in [-0.25, -0.2) is 9.97 Å². The van der Waals surface area contributed by atoms with E-state index in [2.05, 4.69) is 26.3 Å². The molecule has 0 saturated heterocycles. The zero-order valence-corrected chi connectivity index (χ0v) is 16.1. The van der Waals surface area contributed by atoms with E-state index in [1.807, 2.05) is 48.5 Å². The average molecular weight is 381 g/mol. The fourth-order valence-corrected chi connectivity index (χ4v) is 3.03. The molecule has 6 heteroatoms. The van der Waals surface area contributed by atoms with Crippen LogP contribution in [0.2, 0.25) is 0 Å². The van der Waals surface area contributed by atoms with E-state index in [1.54, 1.807) is 32.2 Å². The Morgan fingerprint density at radius 2 is 1.86 bits per heavy atom. The molecule has 0 aliphatic rings. The number of aromatic amines is 1. The summed E-state index contributed by atoms with van der Waals surface area (Å²) in [7, 11) is 0. The molecule has 2 N–H and O–H groups in total. The number of nitrogens with zero attached hydrogens (tertiary/aromatic N) is 3. The minimum atomic E-state index is -0.964. The molecule has 0 fully saturated rings. The van der Waals surface area contributed by atoms with Crippen LogP contribution in [0.1, 0.15) is 24.3 Å². The summed E-state index contributed by atoms with van der Waals surface area (Å²) in [6.45, 7) is 3.28. The number of pyridine rings is 2. The third kappa shape index (κ3) is 3.85. The molecular weight excluding hydrogens is 362 g/mol. The lowest BCUT2D eigenvalue weighted by molar-refractivity contribution is 0.0924. The summed E-state index contributed by atoms with van der Waals surface area (Å²) in [4.78, 5) is 24.7. The highest BCUT2D eigenvalue weighted by molar-refractivity contribution is 5.94. The maximum Gasteiger partial charge on any atom is 0.271 e. The molecular formula is C23H19N5O. The lowest BCUT2D eigenvalue weighted by atomic mass is 10.1. The maximum absolute atomic E-state index is 12.4. The van der Waals surface area contributed by atoms with Gasteiger partial charge < -0.3 is 10.3 Å². The summed E-state index contributed by atoms with van der Waals surface area (Å²) in [5, 5.41) is 12.7. The number of nitrogens with one attached hydrogen (secondary N) is 2. The van der Waals surface area contributed by atoms with Crippen LogP contribution in [0.4, 0.5) is 0 Å². The Kier molecular flexibility index (Phi) is 4.57. The molecule has 0 unspecified atom stereocenters. The first-order chi connectivity index (χ1) is 13.9. The standard InChI is InChI=1S/C23H19N5O/c1-23(2,14-24)28-22(29)19-10-6-9-18(26-19)17-11-16-12-20(27-21(16)25-13-17)15-7-4-3-5-8-15/h3-13H,1-2H3,(H,25,27)(H,28,29). The molecule has 1 amide bonds. The van der Waals surface area contributed by atoms with Crippen molar-refractivity contribution in [3.63, 3.8) is 0 Å². The molecule has 3 aromatic heterocycles. The number of amides is 1. The number of hydrogen-bond acceptors (Lipinski definition) is 4. The first-order valence-corrected chi connectivity index (χ1v) is 9.20. The summed E-state index contributed by atoms with van der Waals surface area (Å²) < 4.78 is 0. The van der Waals surface area contributed by atoms with Crippen molar-refractivity contribution in [2.24, 2.45) is 0 Å². The van der Waals surface area contributed by atoms with E-state index in [9.17, 15) is 4.79 Å². The second-order valence-corrected chi connectivity index (χ2v) is 7.31. The summed E-state index contributed by atoms with van der Waals surface area (Å²) >= 11 is 0. The third-order valence-corrected chi connectivity index (χ3v) is 4.54. The van der Waals surface area contributed by atoms with Gasteiger partial charge in [0.25, 0.3) is 5.91 Å². The van der Waals surface area contributed by atoms with Crippen LogP contribution in [-0.2, 0) is 0 Å². The van der Waals surface area contributed by atoms with Crippen molar-refractivity contribution in [2.75, 3.05) is 0 Å². The molecule has 142 valence electrons. The van der Waals surface area contributed by atoms with Gasteiger partial charge in [0.2, 0.25) is 0 Å². The maximum atomic E-state index is 12.4. The molecule has 0 aliphatic heterocycles. The second kappa shape index (κ2) is 7.21. The smallest absolute Gasteiger partial charge is 0.271 e. The van der Waals surface area contributed by atoms with Crippen LogP contribution in [0.5, 0.6) is 0 Å². The number of rotatable bonds is 4. The fraction of sp³-hybridized carbons (Fsp3) is 0.130. The number of carbonyl (C=O) groups excluding carboxylic acids is 1. The number of nitriles is 1. The van der Waals surface area contributed by atoms with Gasteiger partial charge in [-0.3, -0.25) is 4.79 Å². The van der Waals surface area contributed by atoms with Gasteiger partial charge in [-0.2, -0.15) is 5.26 Å². The van der Waals surface area contributed by atoms with E-state index in [0.717, 1.165) is 27.9 Å². The fourth-order valence-electron chi connectivity index (χ4n) is 3.03. The SMILES string of the molecule is CC(C)(C#N)NC(=O)c1cccc(-c2cnc3[nH]c(-c4ccccc4)cc3c2)n1. The molecule has 0 aliphatic carbocycles. The summed E-state index contributed by atoms with van der Waals surface area (Å²) in [6.07, 6.45) is 1.73. The zero-order valence-electron chi connectivity index (χ0n) is 16.1. The Bertz CT molecular complexity index is 1240. The van der Waals surface area contributed by atoms with Gasteiger partial charge in [0.1, 0.15) is 16.9 Å². The monoisotopic (exact) mass is 381 g/mol. The molecule has 0 spiro atoms. The van der Waals surface area contributed by atoms with Gasteiger partial charge in [-0.15, -0.1) is 0 Å². The molecule has 29 heavy (non-hydrogen) atoms. The Labute approximate surface area is 168 Å². The third-order valence-electron chi connectivity index (χ3n) is 4.54. The quantitative estimate of drug-likeness (QED) is 0.550. The van der Waals surface area contributed by atoms with Gasteiger partial charge in [0.15, 0.2) is 0 Å². The highest BCUT2D eigenvalue weighted by Crippen LogP contribution is 2.26. The largest absolute Gasteiger partial charge is 0.339 e. The van der Waals surface area contributed by atoms with E-state index >= 15 is 0 Å². The predicted molar refractivity (Wildman–Crippen MR) is 112 cm³/mol. The van der Waals surface area contributed by atoms with Crippen LogP contribution in [0.3, 0.4) is 0 Å². The van der Waals surface area contributed by atoms with E-state index in [-0.39, 0.29) is 11.6 Å². The first-order valence-electron chi connectivity index (χ1n) is 9.20. The van der Waals surface area contributed by atoms with Crippen molar-refractivity contribution in [1.29, 1.82) is 5.26 Å². The van der Waals surface area contributed by atoms with Gasteiger partial charge >= 0.3 is 0 Å². The van der Waals surface area contributed by atoms with Crippen molar-refractivity contribution in [3.05, 3.63) is 72.6 Å². The number of aromatic nitrogens is 3. The highest BCUT2D eigenvalue weighted by atomic mass is 16.2. The molecule has 6 nitrogen and oxygen atoms in total. The van der Waals surface area contributed by atoms with E-state index in [1.165, 1.54) is 0 Å². The topological polar surface area (TPSA) is 94.5 Å². The van der Waals surface area contributed by atoms with Crippen molar-refractivity contribution in [1.82, 2.24) is 20.3 Å². The van der Waals surface area contributed by atoms with E-state index < -0.39 is 5.54 Å². The lowest BCUT2D eigenvalue weighted by Crippen LogP contribution is -2.42. The molecule has 0 atom stereocenters. The Morgan fingerprint density at radius 1 is 1.07 bits per heavy atom. The first kappa shape index (κ1) is 18.4. The Balaban J connectivity index is 1.66. The van der Waals surface area contributed by atoms with Crippen molar-refractivity contribution in [3.8, 4) is 28.6 Å². The summed E-state index contributed by atoms with van der Waals surface area (Å²) in [6, 6.07) is 21.4. The van der Waals surface area contributed by atoms with Gasteiger partial charge in [-0.05, 0) is 43.7 Å². The molecule has 0 saturated carbocycles. The van der Waals surface area contributed by atoms with Crippen LogP contribution in [0.25, 0.3) is 33.5 Å². The number of benzene rings is 1. The van der Waals surface area contributed by atoms with E-state index in [4.69, 9.17) is 5.26 Å². The van der Waals surface area contributed by atoms with Crippen LogP contribution >= 0.6 is 0 Å². The Hall–Kier alpha value is -3.98.